The predicted molar refractivity (Wildman–Crippen MR) is 109 cm³/mol. The molecule has 0 saturated carbocycles. The van der Waals surface area contributed by atoms with Crippen molar-refractivity contribution >= 4 is 22.4 Å². The molecule has 1 atom stereocenters. The zero-order valence-corrected chi connectivity index (χ0v) is 15.8. The minimum absolute atomic E-state index is 0.0404. The number of hydrogen-bond donors (Lipinski definition) is 0. The van der Waals surface area contributed by atoms with E-state index >= 15 is 0 Å². The van der Waals surface area contributed by atoms with E-state index in [9.17, 15) is 9.18 Å². The summed E-state index contributed by atoms with van der Waals surface area (Å²) in [6.07, 6.45) is -0.568. The van der Waals surface area contributed by atoms with Crippen LogP contribution in [0.5, 0.6) is 5.75 Å². The second-order valence-corrected chi connectivity index (χ2v) is 7.03. The molecule has 28 heavy (non-hydrogen) atoms. The van der Waals surface area contributed by atoms with E-state index in [0.717, 1.165) is 10.8 Å². The molecule has 4 nitrogen and oxygen atoms in total. The molecule has 3 aromatic carbocycles. The van der Waals surface area contributed by atoms with Gasteiger partial charge in [-0.2, -0.15) is 0 Å². The van der Waals surface area contributed by atoms with Gasteiger partial charge < -0.3 is 14.5 Å². The fourth-order valence-corrected chi connectivity index (χ4v) is 3.63. The standard InChI is InChI=1S/C23H23FN2O2/c1-17(28-20-11-10-18-6-2-3-7-19(18)16-20)23(27)26-14-12-25(13-15-26)22-9-5-4-8-21(22)24/h2-11,16-17H,12-15H2,1H3/t17-/m0/s1. The van der Waals surface area contributed by atoms with Crippen molar-refractivity contribution in [2.75, 3.05) is 31.1 Å². The molecule has 1 fully saturated rings. The first-order valence-electron chi connectivity index (χ1n) is 9.55. The molecule has 4 rings (SSSR count). The Labute approximate surface area is 164 Å². The van der Waals surface area contributed by atoms with Gasteiger partial charge in [-0.15, -0.1) is 0 Å². The van der Waals surface area contributed by atoms with Gasteiger partial charge in [0.05, 0.1) is 5.69 Å². The highest BCUT2D eigenvalue weighted by molar-refractivity contribution is 5.84. The van der Waals surface area contributed by atoms with Gasteiger partial charge in [0, 0.05) is 26.2 Å². The Morgan fingerprint density at radius 3 is 2.36 bits per heavy atom. The molecule has 0 radical (unpaired) electrons. The van der Waals surface area contributed by atoms with Crippen LogP contribution >= 0.6 is 0 Å². The summed E-state index contributed by atoms with van der Waals surface area (Å²) in [5.74, 6) is 0.418. The number of amides is 1. The summed E-state index contributed by atoms with van der Waals surface area (Å²) in [4.78, 5) is 16.6. The van der Waals surface area contributed by atoms with Gasteiger partial charge in [0.25, 0.3) is 5.91 Å². The lowest BCUT2D eigenvalue weighted by Gasteiger charge is -2.37. The molecule has 0 N–H and O–H groups in total. The molecule has 144 valence electrons. The maximum absolute atomic E-state index is 14.0. The number of halogens is 1. The summed E-state index contributed by atoms with van der Waals surface area (Å²) in [5.41, 5.74) is 0.593. The zero-order chi connectivity index (χ0) is 19.5. The number of piperazine rings is 1. The molecule has 5 heteroatoms. The predicted octanol–water partition coefficient (Wildman–Crippen LogP) is 4.10. The van der Waals surface area contributed by atoms with Gasteiger partial charge in [-0.05, 0) is 42.0 Å². The van der Waals surface area contributed by atoms with Gasteiger partial charge in [-0.3, -0.25) is 4.79 Å². The largest absolute Gasteiger partial charge is 0.481 e. The van der Waals surface area contributed by atoms with Crippen LogP contribution in [0.2, 0.25) is 0 Å². The number of carbonyl (C=O) groups is 1. The first-order valence-corrected chi connectivity index (χ1v) is 9.55. The van der Waals surface area contributed by atoms with Gasteiger partial charge in [-0.25, -0.2) is 4.39 Å². The molecule has 1 aliphatic rings. The highest BCUT2D eigenvalue weighted by atomic mass is 19.1. The molecule has 0 unspecified atom stereocenters. The third kappa shape index (κ3) is 3.79. The number of carbonyl (C=O) groups excluding carboxylic acids is 1. The van der Waals surface area contributed by atoms with Crippen molar-refractivity contribution in [3.05, 3.63) is 72.5 Å². The third-order valence-electron chi connectivity index (χ3n) is 5.17. The van der Waals surface area contributed by atoms with Gasteiger partial charge in [0.15, 0.2) is 6.10 Å². The molecular weight excluding hydrogens is 355 g/mol. The Morgan fingerprint density at radius 2 is 1.61 bits per heavy atom. The molecule has 0 bridgehead atoms. The fourth-order valence-electron chi connectivity index (χ4n) is 3.63. The minimum Gasteiger partial charge on any atom is -0.481 e. The monoisotopic (exact) mass is 378 g/mol. The Morgan fingerprint density at radius 1 is 0.929 bits per heavy atom. The van der Waals surface area contributed by atoms with E-state index in [-0.39, 0.29) is 11.7 Å². The average Bonchev–Trinajstić information content (AvgIpc) is 2.73. The molecule has 1 saturated heterocycles. The normalized spacial score (nSPS) is 15.5. The first-order chi connectivity index (χ1) is 13.6. The van der Waals surface area contributed by atoms with Crippen molar-refractivity contribution in [1.82, 2.24) is 4.90 Å². The number of para-hydroxylation sites is 1. The number of nitrogens with zero attached hydrogens (tertiary/aromatic N) is 2. The summed E-state index contributed by atoms with van der Waals surface area (Å²) >= 11 is 0. The van der Waals surface area contributed by atoms with E-state index < -0.39 is 6.10 Å². The van der Waals surface area contributed by atoms with Crippen molar-refractivity contribution in [2.45, 2.75) is 13.0 Å². The van der Waals surface area contributed by atoms with Crippen molar-refractivity contribution in [3.8, 4) is 5.75 Å². The molecular formula is C23H23FN2O2. The smallest absolute Gasteiger partial charge is 0.263 e. The van der Waals surface area contributed by atoms with Crippen LogP contribution in [0.15, 0.2) is 66.7 Å². The Kier molecular flexibility index (Phi) is 5.15. The number of anilines is 1. The lowest BCUT2D eigenvalue weighted by atomic mass is 10.1. The van der Waals surface area contributed by atoms with Crippen molar-refractivity contribution in [1.29, 1.82) is 0 Å². The Balaban J connectivity index is 1.37. The van der Waals surface area contributed by atoms with Gasteiger partial charge in [0.2, 0.25) is 0 Å². The second kappa shape index (κ2) is 7.89. The van der Waals surface area contributed by atoms with Crippen LogP contribution in [0.25, 0.3) is 10.8 Å². The van der Waals surface area contributed by atoms with Crippen LogP contribution in [0.4, 0.5) is 10.1 Å². The quantitative estimate of drug-likeness (QED) is 0.685. The van der Waals surface area contributed by atoms with E-state index in [2.05, 4.69) is 0 Å². The fraction of sp³-hybridized carbons (Fsp3) is 0.261. The van der Waals surface area contributed by atoms with Crippen LogP contribution in [0.3, 0.4) is 0 Å². The van der Waals surface area contributed by atoms with Crippen molar-refractivity contribution in [3.63, 3.8) is 0 Å². The number of rotatable bonds is 4. The third-order valence-corrected chi connectivity index (χ3v) is 5.17. The molecule has 1 heterocycles. The van der Waals surface area contributed by atoms with Crippen molar-refractivity contribution in [2.24, 2.45) is 0 Å². The highest BCUT2D eigenvalue weighted by Crippen LogP contribution is 2.23. The summed E-state index contributed by atoms with van der Waals surface area (Å²) in [7, 11) is 0. The Bertz CT molecular complexity index is 983. The second-order valence-electron chi connectivity index (χ2n) is 7.03. The molecule has 3 aromatic rings. The van der Waals surface area contributed by atoms with E-state index in [1.807, 2.05) is 53.4 Å². The van der Waals surface area contributed by atoms with Crippen LogP contribution < -0.4 is 9.64 Å². The maximum Gasteiger partial charge on any atom is 0.263 e. The molecule has 0 spiro atoms. The maximum atomic E-state index is 14.0. The molecule has 0 aromatic heterocycles. The van der Waals surface area contributed by atoms with Crippen LogP contribution in [-0.2, 0) is 4.79 Å². The number of benzene rings is 3. The molecule has 1 amide bonds. The number of hydrogen-bond acceptors (Lipinski definition) is 3. The Hall–Kier alpha value is -3.08. The lowest BCUT2D eigenvalue weighted by Crippen LogP contribution is -2.52. The molecule has 0 aliphatic carbocycles. The summed E-state index contributed by atoms with van der Waals surface area (Å²) in [6, 6.07) is 20.6. The number of fused-ring (bicyclic) bond motifs is 1. The SMILES string of the molecule is C[C@H](Oc1ccc2ccccc2c1)C(=O)N1CCN(c2ccccc2F)CC1. The van der Waals surface area contributed by atoms with Crippen LogP contribution in [0, 0.1) is 5.82 Å². The lowest BCUT2D eigenvalue weighted by molar-refractivity contribution is -0.138. The van der Waals surface area contributed by atoms with E-state index in [0.29, 0.717) is 37.6 Å². The van der Waals surface area contributed by atoms with Gasteiger partial charge >= 0.3 is 0 Å². The van der Waals surface area contributed by atoms with Crippen LogP contribution in [-0.4, -0.2) is 43.1 Å². The van der Waals surface area contributed by atoms with E-state index in [1.54, 1.807) is 24.0 Å². The summed E-state index contributed by atoms with van der Waals surface area (Å²) in [5, 5.41) is 2.22. The number of ether oxygens (including phenoxy) is 1. The van der Waals surface area contributed by atoms with Gasteiger partial charge in [0.1, 0.15) is 11.6 Å². The summed E-state index contributed by atoms with van der Waals surface area (Å²) in [6.45, 7) is 4.10. The van der Waals surface area contributed by atoms with Crippen molar-refractivity contribution < 1.29 is 13.9 Å². The average molecular weight is 378 g/mol. The minimum atomic E-state index is -0.568. The topological polar surface area (TPSA) is 32.8 Å². The van der Waals surface area contributed by atoms with E-state index in [1.165, 1.54) is 6.07 Å². The van der Waals surface area contributed by atoms with Gasteiger partial charge in [-0.1, -0.05) is 42.5 Å². The first kappa shape index (κ1) is 18.3. The zero-order valence-electron chi connectivity index (χ0n) is 15.8. The van der Waals surface area contributed by atoms with Crippen LogP contribution in [0.1, 0.15) is 6.92 Å². The molecule has 1 aliphatic heterocycles. The van der Waals surface area contributed by atoms with E-state index in [4.69, 9.17) is 4.74 Å². The summed E-state index contributed by atoms with van der Waals surface area (Å²) < 4.78 is 19.9. The highest BCUT2D eigenvalue weighted by Gasteiger charge is 2.27.